The first-order valence-electron chi connectivity index (χ1n) is 8.61. The Labute approximate surface area is 151 Å². The van der Waals surface area contributed by atoms with Gasteiger partial charge in [-0.3, -0.25) is 14.7 Å². The number of anilines is 1. The summed E-state index contributed by atoms with van der Waals surface area (Å²) in [4.78, 5) is 23.2. The summed E-state index contributed by atoms with van der Waals surface area (Å²) in [5.41, 5.74) is 0. The molecule has 25 heavy (non-hydrogen) atoms. The van der Waals surface area contributed by atoms with E-state index in [1.165, 1.54) is 24.5 Å². The molecule has 0 aromatic carbocycles. The maximum Gasteiger partial charge on any atom is 0.223 e. The largest absolute Gasteiger partial charge is 0.348 e. The number of amidine groups is 1. The average Bonchev–Trinajstić information content (AvgIpc) is 3.01. The number of likely N-dealkylation sites (tertiary alicyclic amines) is 1. The molecule has 0 spiro atoms. The van der Waals surface area contributed by atoms with Gasteiger partial charge in [0.05, 0.1) is 6.54 Å². The highest BCUT2D eigenvalue weighted by Crippen LogP contribution is 2.28. The first-order valence-corrected chi connectivity index (χ1v) is 9.43. The molecule has 3 heterocycles. The number of halogens is 1. The third kappa shape index (κ3) is 4.85. The van der Waals surface area contributed by atoms with E-state index in [1.807, 2.05) is 6.20 Å². The molecule has 1 fully saturated rings. The standard InChI is InChI=1S/C17H24FN5OS/c1-11(16-19-6-14(18)7-20-16)13-4-3-5-23(9-13)10-15-8-21-17(25-15)22-12(2)24/h6,8,11,13H,3-5,7,9-10H2,1-2H3,(H,19,20)(H,21,22,24)/t11-,13+/m0/s1. The van der Waals surface area contributed by atoms with E-state index in [-0.39, 0.29) is 24.2 Å². The van der Waals surface area contributed by atoms with Gasteiger partial charge in [-0.05, 0) is 25.3 Å². The predicted molar refractivity (Wildman–Crippen MR) is 98.2 cm³/mol. The molecule has 2 N–H and O–H groups in total. The van der Waals surface area contributed by atoms with Crippen LogP contribution in [0.15, 0.2) is 23.2 Å². The van der Waals surface area contributed by atoms with Gasteiger partial charge in [-0.1, -0.05) is 6.92 Å². The molecule has 1 saturated heterocycles. The van der Waals surface area contributed by atoms with E-state index < -0.39 is 0 Å². The Kier molecular flexibility index (Phi) is 5.80. The molecule has 2 aliphatic heterocycles. The van der Waals surface area contributed by atoms with Gasteiger partial charge >= 0.3 is 0 Å². The van der Waals surface area contributed by atoms with Crippen LogP contribution in [0.1, 0.15) is 31.6 Å². The first kappa shape index (κ1) is 18.0. The molecule has 0 unspecified atom stereocenters. The van der Waals surface area contributed by atoms with Crippen molar-refractivity contribution in [3.8, 4) is 0 Å². The summed E-state index contributed by atoms with van der Waals surface area (Å²) in [7, 11) is 0. The van der Waals surface area contributed by atoms with Crippen LogP contribution in [-0.4, -0.2) is 41.3 Å². The highest BCUT2D eigenvalue weighted by Gasteiger charge is 2.28. The molecule has 2 aliphatic rings. The van der Waals surface area contributed by atoms with E-state index >= 15 is 0 Å². The quantitative estimate of drug-likeness (QED) is 0.842. The second kappa shape index (κ2) is 8.05. The Hall–Kier alpha value is -1.80. The highest BCUT2D eigenvalue weighted by atomic mass is 32.1. The molecule has 0 saturated carbocycles. The van der Waals surface area contributed by atoms with E-state index in [0.29, 0.717) is 11.0 Å². The maximum absolute atomic E-state index is 13.1. The van der Waals surface area contributed by atoms with Gasteiger partial charge in [-0.2, -0.15) is 0 Å². The van der Waals surface area contributed by atoms with Crippen molar-refractivity contribution in [3.05, 3.63) is 23.1 Å². The molecule has 6 nitrogen and oxygen atoms in total. The number of amides is 1. The number of nitrogens with zero attached hydrogens (tertiary/aromatic N) is 3. The molecule has 136 valence electrons. The number of hydrogen-bond acceptors (Lipinski definition) is 6. The maximum atomic E-state index is 13.1. The molecule has 0 bridgehead atoms. The van der Waals surface area contributed by atoms with Crippen molar-refractivity contribution < 1.29 is 9.18 Å². The number of rotatable bonds is 5. The van der Waals surface area contributed by atoms with Crippen LogP contribution >= 0.6 is 11.3 Å². The van der Waals surface area contributed by atoms with Crippen LogP contribution in [0, 0.1) is 11.8 Å². The minimum atomic E-state index is -0.221. The van der Waals surface area contributed by atoms with Gasteiger partial charge in [0.2, 0.25) is 5.91 Å². The Bertz CT molecular complexity index is 686. The zero-order chi connectivity index (χ0) is 17.8. The number of hydrogen-bond donors (Lipinski definition) is 2. The first-order chi connectivity index (χ1) is 12.0. The van der Waals surface area contributed by atoms with Crippen molar-refractivity contribution in [2.45, 2.75) is 33.2 Å². The van der Waals surface area contributed by atoms with Crippen molar-refractivity contribution >= 4 is 28.2 Å². The van der Waals surface area contributed by atoms with Crippen molar-refractivity contribution in [1.29, 1.82) is 0 Å². The predicted octanol–water partition coefficient (Wildman–Crippen LogP) is 2.76. The lowest BCUT2D eigenvalue weighted by molar-refractivity contribution is -0.114. The summed E-state index contributed by atoms with van der Waals surface area (Å²) >= 11 is 1.52. The third-order valence-corrected chi connectivity index (χ3v) is 5.57. The SMILES string of the molecule is CC(=O)Nc1ncc(CN2CCC[C@@H]([C@H](C)C3=NCC(F)=CN3)C2)s1. The highest BCUT2D eigenvalue weighted by molar-refractivity contribution is 7.15. The van der Waals surface area contributed by atoms with Gasteiger partial charge in [0.25, 0.3) is 0 Å². The van der Waals surface area contributed by atoms with Crippen molar-refractivity contribution in [2.75, 3.05) is 25.0 Å². The summed E-state index contributed by atoms with van der Waals surface area (Å²) in [6, 6.07) is 0. The normalized spacial score (nSPS) is 22.6. The molecule has 1 aromatic rings. The summed E-state index contributed by atoms with van der Waals surface area (Å²) in [6.45, 7) is 6.69. The monoisotopic (exact) mass is 365 g/mol. The fourth-order valence-corrected chi connectivity index (χ4v) is 4.26. The molecular weight excluding hydrogens is 341 g/mol. The fourth-order valence-electron chi connectivity index (χ4n) is 3.36. The van der Waals surface area contributed by atoms with Gasteiger partial charge in [0.1, 0.15) is 11.7 Å². The molecule has 1 amide bonds. The Morgan fingerprint density at radius 3 is 3.16 bits per heavy atom. The number of nitrogens with one attached hydrogen (secondary N) is 2. The zero-order valence-corrected chi connectivity index (χ0v) is 15.4. The van der Waals surface area contributed by atoms with Crippen LogP contribution in [0.2, 0.25) is 0 Å². The van der Waals surface area contributed by atoms with Gasteiger partial charge in [-0.15, -0.1) is 11.3 Å². The number of carbonyl (C=O) groups excluding carboxylic acids is 1. The van der Waals surface area contributed by atoms with E-state index in [0.717, 1.165) is 43.2 Å². The number of thiazole rings is 1. The van der Waals surface area contributed by atoms with Crippen LogP contribution in [0.4, 0.5) is 9.52 Å². The lowest BCUT2D eigenvalue weighted by Gasteiger charge is -2.36. The lowest BCUT2D eigenvalue weighted by atomic mass is 9.85. The Balaban J connectivity index is 1.56. The fraction of sp³-hybridized carbons (Fsp3) is 0.588. The van der Waals surface area contributed by atoms with E-state index in [9.17, 15) is 9.18 Å². The summed E-state index contributed by atoms with van der Waals surface area (Å²) in [5, 5.41) is 6.38. The second-order valence-corrected chi connectivity index (χ2v) is 7.79. The summed E-state index contributed by atoms with van der Waals surface area (Å²) in [6.07, 6.45) is 5.55. The minimum absolute atomic E-state index is 0.0981. The van der Waals surface area contributed by atoms with E-state index in [4.69, 9.17) is 0 Å². The number of carbonyl (C=O) groups is 1. The minimum Gasteiger partial charge on any atom is -0.348 e. The molecule has 8 heteroatoms. The number of aromatic nitrogens is 1. The molecule has 2 atom stereocenters. The van der Waals surface area contributed by atoms with Crippen molar-refractivity contribution in [3.63, 3.8) is 0 Å². The van der Waals surface area contributed by atoms with Crippen LogP contribution in [0.3, 0.4) is 0 Å². The number of aliphatic imine (C=N–C) groups is 1. The van der Waals surface area contributed by atoms with Crippen LogP contribution in [-0.2, 0) is 11.3 Å². The smallest absolute Gasteiger partial charge is 0.223 e. The molecule has 1 aromatic heterocycles. The topological polar surface area (TPSA) is 69.6 Å². The van der Waals surface area contributed by atoms with Gasteiger partial charge in [-0.25, -0.2) is 9.37 Å². The van der Waals surface area contributed by atoms with E-state index in [1.54, 1.807) is 0 Å². The lowest BCUT2D eigenvalue weighted by Crippen LogP contribution is -2.42. The van der Waals surface area contributed by atoms with Crippen molar-refractivity contribution in [2.24, 2.45) is 16.8 Å². The van der Waals surface area contributed by atoms with E-state index in [2.05, 4.69) is 32.4 Å². The second-order valence-electron chi connectivity index (χ2n) is 6.68. The summed E-state index contributed by atoms with van der Waals surface area (Å²) < 4.78 is 13.1. The van der Waals surface area contributed by atoms with Crippen LogP contribution in [0.25, 0.3) is 0 Å². The van der Waals surface area contributed by atoms with Gasteiger partial charge in [0.15, 0.2) is 5.13 Å². The average molecular weight is 365 g/mol. The Morgan fingerprint density at radius 2 is 2.44 bits per heavy atom. The molecule has 0 aliphatic carbocycles. The van der Waals surface area contributed by atoms with Crippen molar-refractivity contribution in [1.82, 2.24) is 15.2 Å². The van der Waals surface area contributed by atoms with Gasteiger partial charge in [0, 0.05) is 43.2 Å². The number of piperidine rings is 1. The van der Waals surface area contributed by atoms with Crippen LogP contribution in [0.5, 0.6) is 0 Å². The molecular formula is C17H24FN5OS. The van der Waals surface area contributed by atoms with Gasteiger partial charge < -0.3 is 10.6 Å². The summed E-state index contributed by atoms with van der Waals surface area (Å²) in [5.74, 6) is 1.35. The van der Waals surface area contributed by atoms with Crippen LogP contribution < -0.4 is 10.6 Å². The third-order valence-electron chi connectivity index (χ3n) is 4.67. The Morgan fingerprint density at radius 1 is 1.60 bits per heavy atom. The zero-order valence-electron chi connectivity index (χ0n) is 14.6. The molecule has 3 rings (SSSR count). The molecule has 0 radical (unpaired) electrons.